The summed E-state index contributed by atoms with van der Waals surface area (Å²) >= 11 is 0. The molecule has 0 fully saturated rings. The molecule has 4 heteroatoms. The van der Waals surface area contributed by atoms with Gasteiger partial charge in [-0.05, 0) is 6.92 Å². The van der Waals surface area contributed by atoms with Crippen LogP contribution in [0.1, 0.15) is 13.3 Å². The Labute approximate surface area is 66.3 Å². The Hall–Kier alpha value is -0.450. The Morgan fingerprint density at radius 3 is 2.55 bits per heavy atom. The zero-order valence-corrected chi connectivity index (χ0v) is 6.86. The van der Waals surface area contributed by atoms with E-state index in [1.54, 1.807) is 6.92 Å². The second kappa shape index (κ2) is 5.23. The number of carbonyl (C=O) groups is 1. The third-order valence-corrected chi connectivity index (χ3v) is 1.62. The molecule has 0 aromatic heterocycles. The van der Waals surface area contributed by atoms with Gasteiger partial charge in [0.05, 0.1) is 18.2 Å². The normalized spacial score (nSPS) is 18.9. The van der Waals surface area contributed by atoms with Crippen LogP contribution in [0, 0.1) is 0 Å². The third kappa shape index (κ3) is 3.46. The molecule has 0 rings (SSSR count). The van der Waals surface area contributed by atoms with E-state index in [0.717, 1.165) is 6.29 Å². The van der Waals surface area contributed by atoms with Crippen molar-refractivity contribution in [3.05, 3.63) is 0 Å². The molecular formula is C7H15NO3. The van der Waals surface area contributed by atoms with Crippen molar-refractivity contribution in [1.29, 1.82) is 0 Å². The average Bonchev–Trinajstić information content (AvgIpc) is 1.98. The number of rotatable bonds is 5. The summed E-state index contributed by atoms with van der Waals surface area (Å²) in [6.07, 6.45) is -0.0775. The lowest BCUT2D eigenvalue weighted by atomic mass is 10.1. The predicted octanol–water partition coefficient (Wildman–Crippen LogP) is -0.702. The van der Waals surface area contributed by atoms with E-state index in [2.05, 4.69) is 0 Å². The molecule has 0 aliphatic heterocycles. The number of nitrogens with two attached hydrogens (primary N) is 1. The van der Waals surface area contributed by atoms with Crippen LogP contribution in [-0.4, -0.2) is 36.8 Å². The summed E-state index contributed by atoms with van der Waals surface area (Å²) in [5.74, 6) is 0. The highest BCUT2D eigenvalue weighted by molar-refractivity contribution is 5.50. The smallest absolute Gasteiger partial charge is 0.122 e. The number of aliphatic hydroxyl groups excluding tert-OH is 1. The van der Waals surface area contributed by atoms with Crippen LogP contribution in [-0.2, 0) is 9.53 Å². The highest BCUT2D eigenvalue weighted by Gasteiger charge is 2.20. The Morgan fingerprint density at radius 1 is 1.73 bits per heavy atom. The van der Waals surface area contributed by atoms with Gasteiger partial charge in [-0.3, -0.25) is 0 Å². The van der Waals surface area contributed by atoms with Gasteiger partial charge in [-0.2, -0.15) is 0 Å². The second-order valence-electron chi connectivity index (χ2n) is 2.49. The number of aldehydes is 1. The van der Waals surface area contributed by atoms with Gasteiger partial charge < -0.3 is 20.4 Å². The average molecular weight is 161 g/mol. The molecule has 3 atom stereocenters. The van der Waals surface area contributed by atoms with Crippen LogP contribution >= 0.6 is 0 Å². The first kappa shape index (κ1) is 10.6. The van der Waals surface area contributed by atoms with Crippen molar-refractivity contribution < 1.29 is 14.6 Å². The summed E-state index contributed by atoms with van der Waals surface area (Å²) in [6, 6.07) is -0.495. The van der Waals surface area contributed by atoms with Crippen molar-refractivity contribution in [1.82, 2.24) is 0 Å². The fraction of sp³-hybridized carbons (Fsp3) is 0.857. The van der Waals surface area contributed by atoms with Gasteiger partial charge in [0.2, 0.25) is 0 Å². The Kier molecular flexibility index (Phi) is 5.02. The van der Waals surface area contributed by atoms with E-state index in [1.807, 2.05) is 0 Å². The van der Waals surface area contributed by atoms with Crippen molar-refractivity contribution in [2.45, 2.75) is 31.6 Å². The van der Waals surface area contributed by atoms with Crippen LogP contribution in [0.25, 0.3) is 0 Å². The van der Waals surface area contributed by atoms with E-state index in [-0.39, 0.29) is 12.5 Å². The van der Waals surface area contributed by atoms with Gasteiger partial charge in [0.25, 0.3) is 0 Å². The number of methoxy groups -OCH3 is 1. The van der Waals surface area contributed by atoms with Gasteiger partial charge in [0.1, 0.15) is 6.29 Å². The van der Waals surface area contributed by atoms with Crippen molar-refractivity contribution in [3.8, 4) is 0 Å². The van der Waals surface area contributed by atoms with E-state index in [9.17, 15) is 4.79 Å². The van der Waals surface area contributed by atoms with Gasteiger partial charge in [-0.25, -0.2) is 0 Å². The lowest BCUT2D eigenvalue weighted by molar-refractivity contribution is -0.110. The van der Waals surface area contributed by atoms with Crippen LogP contribution in [0.5, 0.6) is 0 Å². The first-order valence-electron chi connectivity index (χ1n) is 3.53. The summed E-state index contributed by atoms with van der Waals surface area (Å²) in [4.78, 5) is 10.1. The zero-order valence-electron chi connectivity index (χ0n) is 6.86. The molecule has 0 aromatic rings. The highest BCUT2D eigenvalue weighted by Crippen LogP contribution is 2.03. The Morgan fingerprint density at radius 2 is 2.27 bits per heavy atom. The van der Waals surface area contributed by atoms with E-state index < -0.39 is 12.1 Å². The van der Waals surface area contributed by atoms with E-state index in [0.29, 0.717) is 0 Å². The quantitative estimate of drug-likeness (QED) is 0.523. The highest BCUT2D eigenvalue weighted by atomic mass is 16.5. The lowest BCUT2D eigenvalue weighted by Crippen LogP contribution is -2.44. The molecule has 4 nitrogen and oxygen atoms in total. The Bertz CT molecular complexity index is 116. The van der Waals surface area contributed by atoms with Crippen LogP contribution in [0.15, 0.2) is 0 Å². The Balaban J connectivity index is 3.90. The number of hydrogen-bond donors (Lipinski definition) is 2. The molecule has 0 saturated carbocycles. The van der Waals surface area contributed by atoms with Gasteiger partial charge >= 0.3 is 0 Å². The molecule has 11 heavy (non-hydrogen) atoms. The maximum absolute atomic E-state index is 10.1. The van der Waals surface area contributed by atoms with E-state index in [1.165, 1.54) is 7.11 Å². The van der Waals surface area contributed by atoms with Gasteiger partial charge in [0, 0.05) is 13.5 Å². The molecular weight excluding hydrogens is 146 g/mol. The van der Waals surface area contributed by atoms with Crippen molar-refractivity contribution in [2.75, 3.05) is 7.11 Å². The molecule has 0 radical (unpaired) electrons. The molecule has 66 valence electrons. The van der Waals surface area contributed by atoms with Crippen LogP contribution in [0.3, 0.4) is 0 Å². The molecule has 3 N–H and O–H groups in total. The molecule has 0 saturated heterocycles. The lowest BCUT2D eigenvalue weighted by Gasteiger charge is -2.22. The summed E-state index contributed by atoms with van der Waals surface area (Å²) in [7, 11) is 1.47. The molecule has 0 unspecified atom stereocenters. The molecule has 0 aliphatic rings. The predicted molar refractivity (Wildman–Crippen MR) is 41.1 cm³/mol. The summed E-state index contributed by atoms with van der Waals surface area (Å²) in [5.41, 5.74) is 5.52. The number of carbonyl (C=O) groups excluding carboxylic acids is 1. The minimum Gasteiger partial charge on any atom is -0.392 e. The topological polar surface area (TPSA) is 72.5 Å². The monoisotopic (exact) mass is 161 g/mol. The van der Waals surface area contributed by atoms with Crippen LogP contribution < -0.4 is 5.73 Å². The minimum absolute atomic E-state index is 0.225. The summed E-state index contributed by atoms with van der Waals surface area (Å²) in [6.45, 7) is 1.57. The number of hydrogen-bond acceptors (Lipinski definition) is 4. The van der Waals surface area contributed by atoms with Gasteiger partial charge in [-0.15, -0.1) is 0 Å². The molecule has 0 amide bonds. The standard InChI is InChI=1S/C7H15NO3/c1-5(10)7(8)6(11-2)3-4-9/h4-7,10H,3,8H2,1-2H3/t5-,6+,7+/m1/s1. The first-order chi connectivity index (χ1) is 5.13. The zero-order chi connectivity index (χ0) is 8.85. The van der Waals surface area contributed by atoms with E-state index in [4.69, 9.17) is 15.6 Å². The molecule has 0 heterocycles. The largest absolute Gasteiger partial charge is 0.392 e. The molecule has 0 bridgehead atoms. The van der Waals surface area contributed by atoms with Gasteiger partial charge in [-0.1, -0.05) is 0 Å². The fourth-order valence-electron chi connectivity index (χ4n) is 0.816. The van der Waals surface area contributed by atoms with Crippen molar-refractivity contribution >= 4 is 6.29 Å². The first-order valence-corrected chi connectivity index (χ1v) is 3.53. The third-order valence-electron chi connectivity index (χ3n) is 1.62. The van der Waals surface area contributed by atoms with Crippen LogP contribution in [0.2, 0.25) is 0 Å². The maximum atomic E-state index is 10.1. The molecule has 0 aromatic carbocycles. The SMILES string of the molecule is CO[C@@H](CC=O)[C@@H](N)[C@@H](C)O. The van der Waals surface area contributed by atoms with Crippen LogP contribution in [0.4, 0.5) is 0 Å². The van der Waals surface area contributed by atoms with Crippen molar-refractivity contribution in [2.24, 2.45) is 5.73 Å². The molecule has 0 spiro atoms. The number of aliphatic hydroxyl groups is 1. The van der Waals surface area contributed by atoms with E-state index >= 15 is 0 Å². The summed E-state index contributed by atoms with van der Waals surface area (Å²) in [5, 5.41) is 9.03. The fourth-order valence-corrected chi connectivity index (χ4v) is 0.816. The minimum atomic E-state index is -0.653. The second-order valence-corrected chi connectivity index (χ2v) is 2.49. The number of ether oxygens (including phenoxy) is 1. The summed E-state index contributed by atoms with van der Waals surface area (Å²) < 4.78 is 4.90. The molecule has 0 aliphatic carbocycles. The van der Waals surface area contributed by atoms with Gasteiger partial charge in [0.15, 0.2) is 0 Å². The van der Waals surface area contributed by atoms with Crippen molar-refractivity contribution in [3.63, 3.8) is 0 Å². The maximum Gasteiger partial charge on any atom is 0.122 e.